The topological polar surface area (TPSA) is 58.6 Å². The summed E-state index contributed by atoms with van der Waals surface area (Å²) in [6.07, 6.45) is 0. The van der Waals surface area contributed by atoms with E-state index in [0.29, 0.717) is 22.9 Å². The number of amides is 2. The zero-order valence-corrected chi connectivity index (χ0v) is 17.1. The summed E-state index contributed by atoms with van der Waals surface area (Å²) < 4.78 is 18.7. The standard InChI is InChI=1S/C20H21Cl2FN2O3/c1-3-24-20(27)13(2)25(11-14-4-7-16(23)8-5-14)19(26)12-28-18-9-6-15(21)10-17(18)22/h4-10,13H,3,11-12H2,1-2H3,(H,24,27)/t13-/m0/s1. The highest BCUT2D eigenvalue weighted by molar-refractivity contribution is 6.35. The quantitative estimate of drug-likeness (QED) is 0.691. The molecule has 0 unspecified atom stereocenters. The van der Waals surface area contributed by atoms with Crippen LogP contribution in [-0.2, 0) is 16.1 Å². The molecule has 5 nitrogen and oxygen atoms in total. The summed E-state index contributed by atoms with van der Waals surface area (Å²) in [6.45, 7) is 3.68. The number of halogens is 3. The Bertz CT molecular complexity index is 831. The van der Waals surface area contributed by atoms with Crippen LogP contribution in [0.25, 0.3) is 0 Å². The van der Waals surface area contributed by atoms with Gasteiger partial charge in [0.1, 0.15) is 17.6 Å². The van der Waals surface area contributed by atoms with Crippen molar-refractivity contribution in [3.63, 3.8) is 0 Å². The van der Waals surface area contributed by atoms with Gasteiger partial charge in [0.15, 0.2) is 6.61 Å². The second kappa shape index (κ2) is 10.3. The van der Waals surface area contributed by atoms with E-state index in [9.17, 15) is 14.0 Å². The minimum absolute atomic E-state index is 0.134. The number of hydrogen-bond acceptors (Lipinski definition) is 3. The fourth-order valence-corrected chi connectivity index (χ4v) is 2.97. The Morgan fingerprint density at radius 3 is 2.46 bits per heavy atom. The number of carbonyl (C=O) groups excluding carboxylic acids is 2. The van der Waals surface area contributed by atoms with E-state index in [-0.39, 0.29) is 29.9 Å². The van der Waals surface area contributed by atoms with Gasteiger partial charge in [0.05, 0.1) is 5.02 Å². The second-order valence-corrected chi connectivity index (χ2v) is 6.93. The third kappa shape index (κ3) is 6.11. The van der Waals surface area contributed by atoms with Gasteiger partial charge in [-0.05, 0) is 49.7 Å². The van der Waals surface area contributed by atoms with Gasteiger partial charge in [0, 0.05) is 18.1 Å². The number of rotatable bonds is 8. The molecule has 2 aromatic rings. The maximum atomic E-state index is 13.2. The number of benzene rings is 2. The first kappa shape index (κ1) is 22.0. The van der Waals surface area contributed by atoms with Crippen molar-refractivity contribution in [1.82, 2.24) is 10.2 Å². The normalized spacial score (nSPS) is 11.6. The summed E-state index contributed by atoms with van der Waals surface area (Å²) >= 11 is 11.9. The summed E-state index contributed by atoms with van der Waals surface area (Å²) in [5, 5.41) is 3.43. The van der Waals surface area contributed by atoms with E-state index in [2.05, 4.69) is 5.32 Å². The highest BCUT2D eigenvalue weighted by Gasteiger charge is 2.26. The van der Waals surface area contributed by atoms with Gasteiger partial charge in [0.2, 0.25) is 5.91 Å². The fraction of sp³-hybridized carbons (Fsp3) is 0.300. The highest BCUT2D eigenvalue weighted by atomic mass is 35.5. The number of nitrogens with zero attached hydrogens (tertiary/aromatic N) is 1. The summed E-state index contributed by atoms with van der Waals surface area (Å²) in [5.74, 6) is -0.762. The van der Waals surface area contributed by atoms with Crippen LogP contribution < -0.4 is 10.1 Å². The molecule has 0 aliphatic heterocycles. The Labute approximate surface area is 173 Å². The average molecular weight is 427 g/mol. The number of carbonyl (C=O) groups is 2. The van der Waals surface area contributed by atoms with Crippen LogP contribution in [0.2, 0.25) is 10.0 Å². The van der Waals surface area contributed by atoms with Crippen molar-refractivity contribution in [3.05, 3.63) is 63.9 Å². The monoisotopic (exact) mass is 426 g/mol. The van der Waals surface area contributed by atoms with Crippen LogP contribution in [0, 0.1) is 5.82 Å². The molecule has 1 N–H and O–H groups in total. The average Bonchev–Trinajstić information content (AvgIpc) is 2.66. The lowest BCUT2D eigenvalue weighted by Crippen LogP contribution is -2.49. The zero-order chi connectivity index (χ0) is 20.7. The van der Waals surface area contributed by atoms with E-state index < -0.39 is 11.9 Å². The molecule has 2 amide bonds. The molecule has 0 saturated carbocycles. The van der Waals surface area contributed by atoms with E-state index in [1.807, 2.05) is 0 Å². The van der Waals surface area contributed by atoms with Gasteiger partial charge >= 0.3 is 0 Å². The van der Waals surface area contributed by atoms with Crippen LogP contribution in [0.4, 0.5) is 4.39 Å². The van der Waals surface area contributed by atoms with Crippen molar-refractivity contribution in [2.75, 3.05) is 13.2 Å². The van der Waals surface area contributed by atoms with Crippen molar-refractivity contribution in [2.45, 2.75) is 26.4 Å². The summed E-state index contributed by atoms with van der Waals surface area (Å²) in [4.78, 5) is 26.4. The minimum Gasteiger partial charge on any atom is -0.482 e. The molecule has 0 radical (unpaired) electrons. The molecule has 2 aromatic carbocycles. The highest BCUT2D eigenvalue weighted by Crippen LogP contribution is 2.27. The molecular formula is C20H21Cl2FN2O3. The summed E-state index contributed by atoms with van der Waals surface area (Å²) in [5.41, 5.74) is 0.690. The Balaban J connectivity index is 2.15. The van der Waals surface area contributed by atoms with Crippen LogP contribution in [0.1, 0.15) is 19.4 Å². The van der Waals surface area contributed by atoms with E-state index in [1.54, 1.807) is 38.1 Å². The molecule has 1 atom stereocenters. The first-order valence-electron chi connectivity index (χ1n) is 8.71. The van der Waals surface area contributed by atoms with Gasteiger partial charge < -0.3 is 15.0 Å². The third-order valence-electron chi connectivity index (χ3n) is 4.03. The van der Waals surface area contributed by atoms with Crippen molar-refractivity contribution in [1.29, 1.82) is 0 Å². The van der Waals surface area contributed by atoms with Crippen LogP contribution >= 0.6 is 23.2 Å². The largest absolute Gasteiger partial charge is 0.482 e. The Kier molecular flexibility index (Phi) is 8.08. The van der Waals surface area contributed by atoms with Crippen molar-refractivity contribution >= 4 is 35.0 Å². The van der Waals surface area contributed by atoms with Gasteiger partial charge in [-0.3, -0.25) is 9.59 Å². The van der Waals surface area contributed by atoms with E-state index in [0.717, 1.165) is 0 Å². The fourth-order valence-electron chi connectivity index (χ4n) is 2.51. The minimum atomic E-state index is -0.734. The SMILES string of the molecule is CCNC(=O)[C@H](C)N(Cc1ccc(F)cc1)C(=O)COc1ccc(Cl)cc1Cl. The van der Waals surface area contributed by atoms with Gasteiger partial charge in [-0.2, -0.15) is 0 Å². The first-order valence-corrected chi connectivity index (χ1v) is 9.47. The maximum Gasteiger partial charge on any atom is 0.261 e. The molecule has 150 valence electrons. The van der Waals surface area contributed by atoms with Crippen molar-refractivity contribution < 1.29 is 18.7 Å². The lowest BCUT2D eigenvalue weighted by atomic mass is 10.1. The van der Waals surface area contributed by atoms with Crippen LogP contribution in [0.3, 0.4) is 0 Å². The molecule has 0 saturated heterocycles. The van der Waals surface area contributed by atoms with Gasteiger partial charge in [-0.1, -0.05) is 35.3 Å². The van der Waals surface area contributed by atoms with Crippen LogP contribution in [-0.4, -0.2) is 35.9 Å². The van der Waals surface area contributed by atoms with Gasteiger partial charge in [0.25, 0.3) is 5.91 Å². The molecule has 8 heteroatoms. The molecular weight excluding hydrogens is 406 g/mol. The van der Waals surface area contributed by atoms with E-state index >= 15 is 0 Å². The van der Waals surface area contributed by atoms with E-state index in [1.165, 1.54) is 23.1 Å². The molecule has 0 bridgehead atoms. The number of hydrogen-bond donors (Lipinski definition) is 1. The van der Waals surface area contributed by atoms with Crippen LogP contribution in [0.5, 0.6) is 5.75 Å². The Morgan fingerprint density at radius 2 is 1.86 bits per heavy atom. The third-order valence-corrected chi connectivity index (χ3v) is 4.56. The molecule has 0 fully saturated rings. The second-order valence-electron chi connectivity index (χ2n) is 6.08. The van der Waals surface area contributed by atoms with Crippen molar-refractivity contribution in [2.24, 2.45) is 0 Å². The smallest absolute Gasteiger partial charge is 0.261 e. The summed E-state index contributed by atoms with van der Waals surface area (Å²) in [7, 11) is 0. The lowest BCUT2D eigenvalue weighted by Gasteiger charge is -2.28. The predicted molar refractivity (Wildman–Crippen MR) is 107 cm³/mol. The predicted octanol–water partition coefficient (Wildman–Crippen LogP) is 4.06. The van der Waals surface area contributed by atoms with Crippen molar-refractivity contribution in [3.8, 4) is 5.75 Å². The van der Waals surface area contributed by atoms with E-state index in [4.69, 9.17) is 27.9 Å². The molecule has 0 aliphatic carbocycles. The van der Waals surface area contributed by atoms with Crippen LogP contribution in [0.15, 0.2) is 42.5 Å². The van der Waals surface area contributed by atoms with Gasteiger partial charge in [-0.25, -0.2) is 4.39 Å². The Hall–Kier alpha value is -2.31. The molecule has 0 aliphatic rings. The lowest BCUT2D eigenvalue weighted by molar-refractivity contribution is -0.142. The van der Waals surface area contributed by atoms with Gasteiger partial charge in [-0.15, -0.1) is 0 Å². The zero-order valence-electron chi connectivity index (χ0n) is 15.5. The molecule has 28 heavy (non-hydrogen) atoms. The number of ether oxygens (including phenoxy) is 1. The molecule has 0 spiro atoms. The Morgan fingerprint density at radius 1 is 1.18 bits per heavy atom. The number of likely N-dealkylation sites (N-methyl/N-ethyl adjacent to an activating group) is 1. The number of nitrogens with one attached hydrogen (secondary N) is 1. The molecule has 2 rings (SSSR count). The molecule has 0 aromatic heterocycles. The summed E-state index contributed by atoms with van der Waals surface area (Å²) in [6, 6.07) is 9.68. The maximum absolute atomic E-state index is 13.2. The molecule has 0 heterocycles. The first-order chi connectivity index (χ1) is 13.3.